The van der Waals surface area contributed by atoms with Crippen LogP contribution in [-0.4, -0.2) is 9.13 Å². The summed E-state index contributed by atoms with van der Waals surface area (Å²) in [6.45, 7) is 2.10. The Kier molecular flexibility index (Phi) is 5.39. The number of benzene rings is 6. The fourth-order valence-corrected chi connectivity index (χ4v) is 6.39. The van der Waals surface area contributed by atoms with Crippen molar-refractivity contribution in [3.05, 3.63) is 151 Å². The van der Waals surface area contributed by atoms with E-state index in [0.29, 0.717) is 0 Å². The quantitative estimate of drug-likeness (QED) is 0.217. The van der Waals surface area contributed by atoms with Gasteiger partial charge in [-0.2, -0.15) is 0 Å². The summed E-state index contributed by atoms with van der Waals surface area (Å²) in [7, 11) is 0. The Balaban J connectivity index is 1.39. The number of nitrogens with zero attached hydrogens (tertiary/aromatic N) is 2. The maximum atomic E-state index is 2.43. The van der Waals surface area contributed by atoms with E-state index in [1.54, 1.807) is 0 Å². The van der Waals surface area contributed by atoms with Crippen LogP contribution < -0.4 is 0 Å². The summed E-state index contributed by atoms with van der Waals surface area (Å²) >= 11 is 0. The molecule has 8 aromatic rings. The molecule has 2 heteroatoms. The maximum absolute atomic E-state index is 2.43. The van der Waals surface area contributed by atoms with Gasteiger partial charge in [0.1, 0.15) is 0 Å². The third-order valence-corrected chi connectivity index (χ3v) is 8.22. The smallest absolute Gasteiger partial charge is 0.0613 e. The number of fused-ring (bicyclic) bond motifs is 6. The number of hydrogen-bond acceptors (Lipinski definition) is 0. The molecule has 8 rings (SSSR count). The molecule has 0 N–H and O–H groups in total. The van der Waals surface area contributed by atoms with Crippen LogP contribution in [0.25, 0.3) is 72.1 Å². The predicted molar refractivity (Wildman–Crippen MR) is 175 cm³/mol. The number of allylic oxidation sites excluding steroid dienone is 1. The Hall–Kier alpha value is -5.34. The Morgan fingerprint density at radius 2 is 1.29 bits per heavy atom. The zero-order valence-electron chi connectivity index (χ0n) is 22.8. The van der Waals surface area contributed by atoms with E-state index in [2.05, 4.69) is 168 Å². The monoisotopic (exact) mass is 524 g/mol. The summed E-state index contributed by atoms with van der Waals surface area (Å²) in [4.78, 5) is 0. The molecule has 0 fully saturated rings. The summed E-state index contributed by atoms with van der Waals surface area (Å²) in [6.07, 6.45) is 6.54. The van der Waals surface area contributed by atoms with Gasteiger partial charge < -0.3 is 9.13 Å². The van der Waals surface area contributed by atoms with Crippen LogP contribution >= 0.6 is 0 Å². The van der Waals surface area contributed by atoms with Crippen LogP contribution in [-0.2, 0) is 0 Å². The number of aromatic nitrogens is 2. The second-order valence-corrected chi connectivity index (χ2v) is 10.6. The lowest BCUT2D eigenvalue weighted by molar-refractivity contribution is 1.13. The van der Waals surface area contributed by atoms with E-state index in [0.717, 1.165) is 5.69 Å². The second-order valence-electron chi connectivity index (χ2n) is 10.6. The van der Waals surface area contributed by atoms with Crippen molar-refractivity contribution in [2.75, 3.05) is 0 Å². The van der Waals surface area contributed by atoms with Crippen molar-refractivity contribution in [3.8, 4) is 22.5 Å². The number of para-hydroxylation sites is 2. The molecule has 0 atom stereocenters. The van der Waals surface area contributed by atoms with Gasteiger partial charge in [0.15, 0.2) is 0 Å². The molecule has 41 heavy (non-hydrogen) atoms. The van der Waals surface area contributed by atoms with Crippen LogP contribution in [0.1, 0.15) is 12.5 Å². The third kappa shape index (κ3) is 3.72. The summed E-state index contributed by atoms with van der Waals surface area (Å²) in [6, 6.07) is 48.3. The van der Waals surface area contributed by atoms with E-state index in [-0.39, 0.29) is 0 Å². The molecule has 194 valence electrons. The van der Waals surface area contributed by atoms with Crippen LogP contribution in [0.5, 0.6) is 0 Å². The largest absolute Gasteiger partial charge is 0.317 e. The molecule has 0 bridgehead atoms. The molecule has 0 spiro atoms. The van der Waals surface area contributed by atoms with E-state index < -0.39 is 0 Å². The molecule has 0 saturated heterocycles. The molecule has 0 saturated carbocycles. The topological polar surface area (TPSA) is 9.86 Å². The highest BCUT2D eigenvalue weighted by Gasteiger charge is 2.18. The summed E-state index contributed by atoms with van der Waals surface area (Å²) < 4.78 is 4.68. The Labute approximate surface area is 239 Å². The Morgan fingerprint density at radius 3 is 2.12 bits per heavy atom. The standard InChI is InChI=1S/C39H28N2/c1-2-10-30-25-31(27-17-20-32(21-18-27)40-24-23-29-12-7-9-16-36(29)40)26-35-38-34-15-8-6-11-28(34)19-22-37(38)41(39(30)35)33-13-4-3-5-14-33/h2-26H,1H3/b10-2+. The lowest BCUT2D eigenvalue weighted by Crippen LogP contribution is -1.95. The van der Waals surface area contributed by atoms with E-state index >= 15 is 0 Å². The van der Waals surface area contributed by atoms with Gasteiger partial charge in [-0.25, -0.2) is 0 Å². The molecule has 2 aromatic heterocycles. The van der Waals surface area contributed by atoms with E-state index in [4.69, 9.17) is 0 Å². The first-order valence-electron chi connectivity index (χ1n) is 14.1. The maximum Gasteiger partial charge on any atom is 0.0613 e. The summed E-state index contributed by atoms with van der Waals surface area (Å²) in [5.41, 5.74) is 9.65. The lowest BCUT2D eigenvalue weighted by Gasteiger charge is -2.12. The van der Waals surface area contributed by atoms with Gasteiger partial charge in [0.25, 0.3) is 0 Å². The van der Waals surface area contributed by atoms with Crippen LogP contribution in [0.2, 0.25) is 0 Å². The average Bonchev–Trinajstić information content (AvgIpc) is 3.62. The van der Waals surface area contributed by atoms with Crippen LogP contribution in [0.4, 0.5) is 0 Å². The molecule has 2 heterocycles. The van der Waals surface area contributed by atoms with Crippen LogP contribution in [0, 0.1) is 0 Å². The first-order chi connectivity index (χ1) is 20.3. The van der Waals surface area contributed by atoms with Crippen molar-refractivity contribution in [2.45, 2.75) is 6.92 Å². The summed E-state index contributed by atoms with van der Waals surface area (Å²) in [5.74, 6) is 0. The van der Waals surface area contributed by atoms with Crippen molar-refractivity contribution in [1.29, 1.82) is 0 Å². The van der Waals surface area contributed by atoms with Gasteiger partial charge in [-0.3, -0.25) is 0 Å². The highest BCUT2D eigenvalue weighted by Crippen LogP contribution is 2.41. The van der Waals surface area contributed by atoms with Gasteiger partial charge >= 0.3 is 0 Å². The zero-order valence-corrected chi connectivity index (χ0v) is 22.8. The lowest BCUT2D eigenvalue weighted by atomic mass is 9.97. The fourth-order valence-electron chi connectivity index (χ4n) is 6.39. The van der Waals surface area contributed by atoms with E-state index in [1.807, 2.05) is 0 Å². The van der Waals surface area contributed by atoms with Gasteiger partial charge in [0.05, 0.1) is 16.6 Å². The summed E-state index contributed by atoms with van der Waals surface area (Å²) in [5, 5.41) is 6.35. The van der Waals surface area contributed by atoms with Crippen molar-refractivity contribution >= 4 is 49.6 Å². The third-order valence-electron chi connectivity index (χ3n) is 8.22. The minimum absolute atomic E-state index is 1.16. The second kappa shape index (κ2) is 9.39. The van der Waals surface area contributed by atoms with Crippen molar-refractivity contribution in [1.82, 2.24) is 9.13 Å². The molecule has 0 aliphatic heterocycles. The Morgan fingerprint density at radius 1 is 0.537 bits per heavy atom. The molecule has 0 amide bonds. The molecular formula is C39H28N2. The molecule has 0 aliphatic rings. The zero-order chi connectivity index (χ0) is 27.3. The van der Waals surface area contributed by atoms with E-state index in [9.17, 15) is 0 Å². The molecular weight excluding hydrogens is 496 g/mol. The predicted octanol–water partition coefficient (Wildman–Crippen LogP) is 10.6. The Bertz CT molecular complexity index is 2240. The molecule has 0 aliphatic carbocycles. The minimum atomic E-state index is 1.16. The highest BCUT2D eigenvalue weighted by atomic mass is 15.0. The normalized spacial score (nSPS) is 11.9. The van der Waals surface area contributed by atoms with Gasteiger partial charge in [-0.15, -0.1) is 0 Å². The average molecular weight is 525 g/mol. The molecule has 6 aromatic carbocycles. The van der Waals surface area contributed by atoms with Crippen LogP contribution in [0.15, 0.2) is 146 Å². The minimum Gasteiger partial charge on any atom is -0.317 e. The van der Waals surface area contributed by atoms with Gasteiger partial charge in [0, 0.05) is 28.3 Å². The first-order valence-corrected chi connectivity index (χ1v) is 14.1. The van der Waals surface area contributed by atoms with Crippen molar-refractivity contribution < 1.29 is 0 Å². The molecule has 0 unspecified atom stereocenters. The van der Waals surface area contributed by atoms with Gasteiger partial charge in [-0.1, -0.05) is 91.0 Å². The van der Waals surface area contributed by atoms with Crippen LogP contribution in [0.3, 0.4) is 0 Å². The molecule has 0 radical (unpaired) electrons. The van der Waals surface area contributed by atoms with Crippen molar-refractivity contribution in [3.63, 3.8) is 0 Å². The SMILES string of the molecule is C/C=C/c1cc(-c2ccc(-n3ccc4ccccc43)cc2)cc2c3c4ccccc4ccc3n(-c3ccccc3)c12. The first kappa shape index (κ1) is 23.5. The number of hydrogen-bond donors (Lipinski definition) is 0. The van der Waals surface area contributed by atoms with Crippen molar-refractivity contribution in [2.24, 2.45) is 0 Å². The highest BCUT2D eigenvalue weighted by molar-refractivity contribution is 6.23. The van der Waals surface area contributed by atoms with Gasteiger partial charge in [0.2, 0.25) is 0 Å². The molecule has 2 nitrogen and oxygen atoms in total. The van der Waals surface area contributed by atoms with E-state index in [1.165, 1.54) is 65.9 Å². The fraction of sp³-hybridized carbons (Fsp3) is 0.0256. The number of rotatable bonds is 4. The van der Waals surface area contributed by atoms with Gasteiger partial charge in [-0.05, 0) is 94.4 Å².